The van der Waals surface area contributed by atoms with Gasteiger partial charge in [-0.3, -0.25) is 9.78 Å². The Labute approximate surface area is 195 Å². The van der Waals surface area contributed by atoms with E-state index in [0.29, 0.717) is 43.2 Å². The molecule has 2 aliphatic rings. The van der Waals surface area contributed by atoms with Crippen LogP contribution in [0.3, 0.4) is 0 Å². The predicted molar refractivity (Wildman–Crippen MR) is 126 cm³/mol. The third-order valence-electron chi connectivity index (χ3n) is 6.60. The van der Waals surface area contributed by atoms with Gasteiger partial charge in [0.25, 0.3) is 0 Å². The number of pyridine rings is 1. The average molecular weight is 462 g/mol. The standard InChI is InChI=1S/C25H24FN5OS/c1-3-22(32)30-8-9-31-20(13-30)24(29-25(31)15-4-5-15)23-17-11-28-19(21-12-27-14(2)33-21)10-16(17)6-7-18(23)26/h6-7,10-12,15H,3-5,8-9,13H2,1-2H3. The third-order valence-corrected chi connectivity index (χ3v) is 7.53. The predicted octanol–water partition coefficient (Wildman–Crippen LogP) is 5.30. The summed E-state index contributed by atoms with van der Waals surface area (Å²) < 4.78 is 17.6. The number of carbonyl (C=O) groups excluding carboxylic acids is 1. The molecule has 0 atom stereocenters. The minimum atomic E-state index is -0.312. The van der Waals surface area contributed by atoms with Gasteiger partial charge in [-0.25, -0.2) is 14.4 Å². The van der Waals surface area contributed by atoms with Crippen LogP contribution < -0.4 is 0 Å². The zero-order valence-electron chi connectivity index (χ0n) is 18.6. The summed E-state index contributed by atoms with van der Waals surface area (Å²) in [6, 6.07) is 5.30. The number of nitrogens with zero attached hydrogens (tertiary/aromatic N) is 5. The van der Waals surface area contributed by atoms with Crippen molar-refractivity contribution in [1.82, 2.24) is 24.4 Å². The van der Waals surface area contributed by atoms with E-state index in [2.05, 4.69) is 14.5 Å². The number of hydrogen-bond acceptors (Lipinski definition) is 5. The number of amides is 1. The van der Waals surface area contributed by atoms with Crippen molar-refractivity contribution < 1.29 is 9.18 Å². The summed E-state index contributed by atoms with van der Waals surface area (Å²) in [6.45, 7) is 5.69. The summed E-state index contributed by atoms with van der Waals surface area (Å²) in [4.78, 5) is 29.3. The Kier molecular flexibility index (Phi) is 4.79. The first-order chi connectivity index (χ1) is 16.0. The molecule has 168 valence electrons. The summed E-state index contributed by atoms with van der Waals surface area (Å²) in [5.41, 5.74) is 2.89. The highest BCUT2D eigenvalue weighted by Gasteiger charge is 2.35. The SMILES string of the molecule is CCC(=O)N1CCn2c(C3CC3)nc(-c3c(F)ccc4cc(-c5cnc(C)s5)ncc34)c2C1. The van der Waals surface area contributed by atoms with Gasteiger partial charge >= 0.3 is 0 Å². The van der Waals surface area contributed by atoms with Gasteiger partial charge in [0.15, 0.2) is 0 Å². The van der Waals surface area contributed by atoms with Gasteiger partial charge in [-0.1, -0.05) is 13.0 Å². The molecule has 0 unspecified atom stereocenters. The number of aryl methyl sites for hydroxylation is 1. The van der Waals surface area contributed by atoms with E-state index in [1.165, 1.54) is 6.07 Å². The van der Waals surface area contributed by atoms with Gasteiger partial charge in [0.1, 0.15) is 11.6 Å². The van der Waals surface area contributed by atoms with Crippen LogP contribution in [-0.2, 0) is 17.9 Å². The number of rotatable bonds is 4. The van der Waals surface area contributed by atoms with Crippen LogP contribution in [-0.4, -0.2) is 36.9 Å². The Bertz CT molecular complexity index is 1400. The fourth-order valence-corrected chi connectivity index (χ4v) is 5.48. The fraction of sp³-hybridized carbons (Fsp3) is 0.360. The van der Waals surface area contributed by atoms with Crippen LogP contribution in [0.4, 0.5) is 4.39 Å². The Hall–Kier alpha value is -3.13. The van der Waals surface area contributed by atoms with Crippen LogP contribution in [0, 0.1) is 12.7 Å². The normalized spacial score (nSPS) is 15.8. The van der Waals surface area contributed by atoms with E-state index in [4.69, 9.17) is 4.98 Å². The smallest absolute Gasteiger partial charge is 0.222 e. The van der Waals surface area contributed by atoms with Gasteiger partial charge < -0.3 is 9.47 Å². The molecule has 1 fully saturated rings. The number of hydrogen-bond donors (Lipinski definition) is 0. The first kappa shape index (κ1) is 20.5. The first-order valence-electron chi connectivity index (χ1n) is 11.4. The lowest BCUT2D eigenvalue weighted by molar-refractivity contribution is -0.132. The van der Waals surface area contributed by atoms with Gasteiger partial charge in [-0.05, 0) is 37.3 Å². The molecule has 1 saturated carbocycles. The van der Waals surface area contributed by atoms with Crippen molar-refractivity contribution in [3.8, 4) is 21.8 Å². The van der Waals surface area contributed by atoms with E-state index in [1.807, 2.05) is 31.0 Å². The van der Waals surface area contributed by atoms with E-state index < -0.39 is 0 Å². The molecule has 0 N–H and O–H groups in total. The van der Waals surface area contributed by atoms with Crippen molar-refractivity contribution >= 4 is 28.0 Å². The van der Waals surface area contributed by atoms with Crippen molar-refractivity contribution in [2.45, 2.75) is 52.1 Å². The molecule has 6 nitrogen and oxygen atoms in total. The maximum atomic E-state index is 15.4. The van der Waals surface area contributed by atoms with Crippen LogP contribution in [0.1, 0.15) is 48.6 Å². The van der Waals surface area contributed by atoms with Gasteiger partial charge in [0.2, 0.25) is 5.91 Å². The molecule has 8 heteroatoms. The molecule has 1 aliphatic carbocycles. The quantitative estimate of drug-likeness (QED) is 0.414. The van der Waals surface area contributed by atoms with Gasteiger partial charge in [-0.2, -0.15) is 0 Å². The largest absolute Gasteiger partial charge is 0.335 e. The maximum Gasteiger partial charge on any atom is 0.222 e. The van der Waals surface area contributed by atoms with Crippen molar-refractivity contribution in [2.75, 3.05) is 6.54 Å². The van der Waals surface area contributed by atoms with Crippen molar-refractivity contribution in [3.05, 3.63) is 52.9 Å². The van der Waals surface area contributed by atoms with Crippen LogP contribution >= 0.6 is 11.3 Å². The summed E-state index contributed by atoms with van der Waals surface area (Å²) >= 11 is 1.59. The molecule has 6 rings (SSSR count). The zero-order chi connectivity index (χ0) is 22.7. The summed E-state index contributed by atoms with van der Waals surface area (Å²) in [5.74, 6) is 1.27. The minimum Gasteiger partial charge on any atom is -0.335 e. The molecular formula is C25H24FN5OS. The molecule has 1 amide bonds. The highest BCUT2D eigenvalue weighted by Crippen LogP contribution is 2.44. The van der Waals surface area contributed by atoms with Crippen LogP contribution in [0.5, 0.6) is 0 Å². The Morgan fingerprint density at radius 2 is 2.06 bits per heavy atom. The number of aromatic nitrogens is 4. The Balaban J connectivity index is 1.52. The van der Waals surface area contributed by atoms with Crippen LogP contribution in [0.2, 0.25) is 0 Å². The Morgan fingerprint density at radius 1 is 1.21 bits per heavy atom. The minimum absolute atomic E-state index is 0.117. The molecule has 0 spiro atoms. The monoisotopic (exact) mass is 461 g/mol. The van der Waals surface area contributed by atoms with Gasteiger partial charge in [0.05, 0.1) is 33.5 Å². The molecule has 3 aromatic heterocycles. The lowest BCUT2D eigenvalue weighted by Crippen LogP contribution is -2.38. The van der Waals surface area contributed by atoms with Crippen LogP contribution in [0.25, 0.3) is 32.6 Å². The van der Waals surface area contributed by atoms with E-state index >= 15 is 4.39 Å². The second kappa shape index (κ2) is 7.73. The molecule has 1 aliphatic heterocycles. The number of benzene rings is 1. The highest BCUT2D eigenvalue weighted by atomic mass is 32.1. The second-order valence-electron chi connectivity index (χ2n) is 8.82. The number of carbonyl (C=O) groups is 1. The molecular weight excluding hydrogens is 437 g/mol. The maximum absolute atomic E-state index is 15.4. The van der Waals surface area contributed by atoms with Gasteiger partial charge in [0, 0.05) is 48.8 Å². The number of halogens is 1. The molecule has 33 heavy (non-hydrogen) atoms. The summed E-state index contributed by atoms with van der Waals surface area (Å²) in [5, 5.41) is 2.63. The average Bonchev–Trinajstić information content (AvgIpc) is 3.48. The molecule has 4 aromatic rings. The lowest BCUT2D eigenvalue weighted by atomic mass is 10.0. The van der Waals surface area contributed by atoms with E-state index in [-0.39, 0.29) is 11.7 Å². The lowest BCUT2D eigenvalue weighted by Gasteiger charge is -2.29. The summed E-state index contributed by atoms with van der Waals surface area (Å²) in [7, 11) is 0. The van der Waals surface area contributed by atoms with Crippen molar-refractivity contribution in [1.29, 1.82) is 0 Å². The summed E-state index contributed by atoms with van der Waals surface area (Å²) in [6.07, 6.45) is 6.27. The van der Waals surface area contributed by atoms with Crippen molar-refractivity contribution in [2.24, 2.45) is 0 Å². The molecule has 0 radical (unpaired) electrons. The van der Waals surface area contributed by atoms with Crippen LogP contribution in [0.15, 0.2) is 30.6 Å². The van der Waals surface area contributed by atoms with E-state index in [0.717, 1.165) is 50.7 Å². The molecule has 4 heterocycles. The zero-order valence-corrected chi connectivity index (χ0v) is 19.5. The third kappa shape index (κ3) is 3.44. The fourth-order valence-electron chi connectivity index (χ4n) is 4.73. The van der Waals surface area contributed by atoms with E-state index in [1.54, 1.807) is 23.6 Å². The Morgan fingerprint density at radius 3 is 2.79 bits per heavy atom. The topological polar surface area (TPSA) is 63.9 Å². The van der Waals surface area contributed by atoms with Gasteiger partial charge in [-0.15, -0.1) is 11.3 Å². The number of imidazole rings is 1. The molecule has 1 aromatic carbocycles. The number of thiazole rings is 1. The van der Waals surface area contributed by atoms with Crippen molar-refractivity contribution in [3.63, 3.8) is 0 Å². The highest BCUT2D eigenvalue weighted by molar-refractivity contribution is 7.15. The number of fused-ring (bicyclic) bond motifs is 2. The molecule has 0 bridgehead atoms. The van der Waals surface area contributed by atoms with E-state index in [9.17, 15) is 4.79 Å². The molecule has 0 saturated heterocycles. The second-order valence-corrected chi connectivity index (χ2v) is 10.1. The first-order valence-corrected chi connectivity index (χ1v) is 12.2.